The Balaban J connectivity index is 2.04. The van der Waals surface area contributed by atoms with E-state index in [2.05, 4.69) is 20.9 Å². The summed E-state index contributed by atoms with van der Waals surface area (Å²) in [6, 6.07) is 9.89. The Hall–Kier alpha value is -2.14. The highest BCUT2D eigenvalue weighted by molar-refractivity contribution is 9.10. The van der Waals surface area contributed by atoms with Crippen LogP contribution in [0.2, 0.25) is 0 Å². The van der Waals surface area contributed by atoms with Crippen LogP contribution in [0.1, 0.15) is 11.1 Å². The monoisotopic (exact) mass is 343 g/mol. The van der Waals surface area contributed by atoms with E-state index >= 15 is 0 Å². The first kappa shape index (κ1) is 13.8. The van der Waals surface area contributed by atoms with E-state index in [9.17, 15) is 4.79 Å². The number of benzene rings is 1. The summed E-state index contributed by atoms with van der Waals surface area (Å²) >= 11 is 3.31. The normalized spacial score (nSPS) is 11.0. The summed E-state index contributed by atoms with van der Waals surface area (Å²) in [6.07, 6.45) is 3.46. The summed E-state index contributed by atoms with van der Waals surface area (Å²) < 4.78 is 2.13. The van der Waals surface area contributed by atoms with E-state index in [1.165, 1.54) is 0 Å². The van der Waals surface area contributed by atoms with E-state index in [-0.39, 0.29) is 5.56 Å². The fourth-order valence-corrected chi connectivity index (χ4v) is 2.73. The Bertz CT molecular complexity index is 886. The first-order valence-electron chi connectivity index (χ1n) is 6.55. The molecular weight excluding hydrogens is 330 g/mol. The van der Waals surface area contributed by atoms with Gasteiger partial charge in [-0.25, -0.2) is 0 Å². The number of nitrogens with zero attached hydrogens (tertiary/aromatic N) is 2. The molecule has 2 heterocycles. The van der Waals surface area contributed by atoms with Gasteiger partial charge in [-0.3, -0.25) is 9.78 Å². The van der Waals surface area contributed by atoms with Gasteiger partial charge in [0.15, 0.2) is 0 Å². The highest BCUT2D eigenvalue weighted by atomic mass is 79.9. The summed E-state index contributed by atoms with van der Waals surface area (Å²) in [5, 5.41) is 1.06. The third-order valence-electron chi connectivity index (χ3n) is 3.53. The molecular formula is C16H14BrN3O. The zero-order valence-corrected chi connectivity index (χ0v) is 13.1. The van der Waals surface area contributed by atoms with Crippen LogP contribution < -0.4 is 11.3 Å². The van der Waals surface area contributed by atoms with Gasteiger partial charge in [-0.05, 0) is 52.2 Å². The number of rotatable bonds is 2. The van der Waals surface area contributed by atoms with E-state index in [0.717, 1.165) is 22.0 Å². The molecule has 2 aromatic heterocycles. The lowest BCUT2D eigenvalue weighted by atomic mass is 10.1. The van der Waals surface area contributed by atoms with Crippen molar-refractivity contribution in [2.45, 2.75) is 13.5 Å². The lowest BCUT2D eigenvalue weighted by Crippen LogP contribution is -2.22. The number of hydrogen-bond acceptors (Lipinski definition) is 3. The molecule has 3 aromatic rings. The molecule has 0 aliphatic heterocycles. The van der Waals surface area contributed by atoms with Gasteiger partial charge in [-0.15, -0.1) is 0 Å². The average molecular weight is 344 g/mol. The van der Waals surface area contributed by atoms with Crippen molar-refractivity contribution in [2.75, 3.05) is 5.73 Å². The van der Waals surface area contributed by atoms with Crippen LogP contribution in [0.25, 0.3) is 10.9 Å². The Labute approximate surface area is 130 Å². The Morgan fingerprint density at radius 1 is 1.33 bits per heavy atom. The summed E-state index contributed by atoms with van der Waals surface area (Å²) in [5.41, 5.74) is 9.21. The first-order valence-corrected chi connectivity index (χ1v) is 7.34. The van der Waals surface area contributed by atoms with Gasteiger partial charge in [0, 0.05) is 17.8 Å². The molecule has 3 rings (SSSR count). The van der Waals surface area contributed by atoms with E-state index < -0.39 is 0 Å². The lowest BCUT2D eigenvalue weighted by molar-refractivity contribution is 0.755. The predicted molar refractivity (Wildman–Crippen MR) is 88.4 cm³/mol. The fourth-order valence-electron chi connectivity index (χ4n) is 2.27. The number of pyridine rings is 2. The molecule has 2 N–H and O–H groups in total. The lowest BCUT2D eigenvalue weighted by Gasteiger charge is -2.11. The van der Waals surface area contributed by atoms with Gasteiger partial charge >= 0.3 is 0 Å². The van der Waals surface area contributed by atoms with Crippen LogP contribution >= 0.6 is 15.9 Å². The quantitative estimate of drug-likeness (QED) is 0.777. The van der Waals surface area contributed by atoms with Crippen LogP contribution in [-0.4, -0.2) is 9.55 Å². The van der Waals surface area contributed by atoms with Crippen molar-refractivity contribution in [2.24, 2.45) is 0 Å². The molecule has 0 bridgehead atoms. The van der Waals surface area contributed by atoms with E-state index in [1.54, 1.807) is 17.0 Å². The molecule has 0 aliphatic rings. The number of nitrogen functional groups attached to an aromatic ring is 1. The minimum Gasteiger partial charge on any atom is -0.397 e. The third kappa shape index (κ3) is 2.56. The highest BCUT2D eigenvalue weighted by Gasteiger charge is 2.09. The molecule has 5 heteroatoms. The summed E-state index contributed by atoms with van der Waals surface area (Å²) in [4.78, 5) is 16.5. The standard InChI is InChI=1S/C16H14BrN3O/c1-10-13(18)9-20(16(21)15(10)17)8-11-4-5-14-12(7-11)3-2-6-19-14/h2-7,9H,8,18H2,1H3. The molecule has 0 radical (unpaired) electrons. The zero-order chi connectivity index (χ0) is 15.0. The summed E-state index contributed by atoms with van der Waals surface area (Å²) in [7, 11) is 0. The molecule has 1 aromatic carbocycles. The van der Waals surface area contributed by atoms with Crippen molar-refractivity contribution in [3.05, 3.63) is 68.7 Å². The minimum absolute atomic E-state index is 0.0759. The molecule has 0 aliphatic carbocycles. The van der Waals surface area contributed by atoms with Crippen molar-refractivity contribution in [3.8, 4) is 0 Å². The van der Waals surface area contributed by atoms with Crippen LogP contribution in [0, 0.1) is 6.92 Å². The Morgan fingerprint density at radius 3 is 2.95 bits per heavy atom. The highest BCUT2D eigenvalue weighted by Crippen LogP contribution is 2.18. The topological polar surface area (TPSA) is 60.9 Å². The van der Waals surface area contributed by atoms with Crippen molar-refractivity contribution in [1.29, 1.82) is 0 Å². The predicted octanol–water partition coefficient (Wildman–Crippen LogP) is 3.10. The number of hydrogen-bond donors (Lipinski definition) is 1. The third-order valence-corrected chi connectivity index (χ3v) is 4.46. The van der Waals surface area contributed by atoms with Gasteiger partial charge in [0.2, 0.25) is 0 Å². The molecule has 0 spiro atoms. The van der Waals surface area contributed by atoms with Crippen LogP contribution in [0.5, 0.6) is 0 Å². The molecule has 106 valence electrons. The molecule has 0 atom stereocenters. The Kier molecular flexibility index (Phi) is 3.51. The molecule has 0 saturated heterocycles. The van der Waals surface area contributed by atoms with Crippen molar-refractivity contribution < 1.29 is 0 Å². The van der Waals surface area contributed by atoms with Crippen molar-refractivity contribution in [1.82, 2.24) is 9.55 Å². The van der Waals surface area contributed by atoms with Gasteiger partial charge < -0.3 is 10.3 Å². The van der Waals surface area contributed by atoms with Gasteiger partial charge in [0.05, 0.1) is 22.2 Å². The zero-order valence-electron chi connectivity index (χ0n) is 11.5. The van der Waals surface area contributed by atoms with Gasteiger partial charge in [0.1, 0.15) is 0 Å². The molecule has 0 saturated carbocycles. The van der Waals surface area contributed by atoms with E-state index in [4.69, 9.17) is 5.73 Å². The SMILES string of the molecule is Cc1c(N)cn(Cc2ccc3ncccc3c2)c(=O)c1Br. The van der Waals surface area contributed by atoms with Gasteiger partial charge in [-0.1, -0.05) is 12.1 Å². The number of halogens is 1. The molecule has 0 fully saturated rings. The van der Waals surface area contributed by atoms with Crippen LogP contribution in [0.3, 0.4) is 0 Å². The average Bonchev–Trinajstić information content (AvgIpc) is 2.50. The smallest absolute Gasteiger partial charge is 0.265 e. The number of anilines is 1. The van der Waals surface area contributed by atoms with Crippen molar-refractivity contribution >= 4 is 32.5 Å². The van der Waals surface area contributed by atoms with Crippen molar-refractivity contribution in [3.63, 3.8) is 0 Å². The van der Waals surface area contributed by atoms with Crippen LogP contribution in [0.4, 0.5) is 5.69 Å². The number of aromatic nitrogens is 2. The molecule has 0 amide bonds. The van der Waals surface area contributed by atoms with E-state index in [0.29, 0.717) is 16.7 Å². The molecule has 21 heavy (non-hydrogen) atoms. The fraction of sp³-hybridized carbons (Fsp3) is 0.125. The molecule has 0 unspecified atom stereocenters. The second-order valence-electron chi connectivity index (χ2n) is 4.99. The number of nitrogens with two attached hydrogens (primary N) is 1. The largest absolute Gasteiger partial charge is 0.397 e. The first-order chi connectivity index (χ1) is 10.1. The Morgan fingerprint density at radius 2 is 2.14 bits per heavy atom. The van der Waals surface area contributed by atoms with Crippen LogP contribution in [0.15, 0.2) is 52.0 Å². The second-order valence-corrected chi connectivity index (χ2v) is 5.78. The minimum atomic E-state index is -0.0759. The van der Waals surface area contributed by atoms with E-state index in [1.807, 2.05) is 37.3 Å². The summed E-state index contributed by atoms with van der Waals surface area (Å²) in [6.45, 7) is 2.31. The second kappa shape index (κ2) is 5.33. The number of fused-ring (bicyclic) bond motifs is 1. The maximum absolute atomic E-state index is 12.3. The van der Waals surface area contributed by atoms with Gasteiger partial charge in [0.25, 0.3) is 5.56 Å². The maximum Gasteiger partial charge on any atom is 0.265 e. The van der Waals surface area contributed by atoms with Gasteiger partial charge in [-0.2, -0.15) is 0 Å². The molecule has 4 nitrogen and oxygen atoms in total. The summed E-state index contributed by atoms with van der Waals surface area (Å²) in [5.74, 6) is 0. The van der Waals surface area contributed by atoms with Crippen LogP contribution in [-0.2, 0) is 6.54 Å². The maximum atomic E-state index is 12.3.